The number of nitrogens with one attached hydrogen (secondary N) is 1. The maximum Gasteiger partial charge on any atom is 0.0484 e. The molecule has 4 nitrogen and oxygen atoms in total. The summed E-state index contributed by atoms with van der Waals surface area (Å²) in [5.74, 6) is 0. The fraction of sp³-hybridized carbons (Fsp3) is 0.625. The summed E-state index contributed by atoms with van der Waals surface area (Å²) < 4.78 is 0. The number of nitrogens with zero attached hydrogens (tertiary/aromatic N) is 1. The maximum absolute atomic E-state index is 3.52. The molecule has 0 saturated carbocycles. The Labute approximate surface area is 146 Å². The van der Waals surface area contributed by atoms with Crippen LogP contribution in [0.3, 0.4) is 0 Å². The first kappa shape index (κ1) is 23.9. The normalized spacial score (nSPS) is 20.4. The van der Waals surface area contributed by atoms with Crippen molar-refractivity contribution in [3.63, 3.8) is 0 Å². The van der Waals surface area contributed by atoms with Gasteiger partial charge in [-0.3, -0.25) is 4.90 Å². The van der Waals surface area contributed by atoms with E-state index in [1.165, 1.54) is 50.8 Å². The van der Waals surface area contributed by atoms with E-state index in [1.54, 1.807) is 0 Å². The molecular formula is C16H30Cl2N2O2. The smallest absolute Gasteiger partial charge is 0.0484 e. The highest BCUT2D eigenvalue weighted by Gasteiger charge is 2.39. The standard InChI is InChI=1S/C16H24N2.2ClH.2H2O/c1-3-7-15(8-4-1)16(9-11-17-12-10-16)18-13-5-2-6-14-18;;;;/h1,3-4,7-8,17H,2,5-6,9-14H2;2*1H;2*1H2. The molecule has 0 aromatic heterocycles. The van der Waals surface area contributed by atoms with Crippen LogP contribution >= 0.6 is 24.8 Å². The van der Waals surface area contributed by atoms with Crippen molar-refractivity contribution in [2.24, 2.45) is 0 Å². The quantitative estimate of drug-likeness (QED) is 0.882. The molecule has 0 radical (unpaired) electrons. The maximum atomic E-state index is 3.52. The molecule has 1 aromatic rings. The Balaban J connectivity index is 0. The topological polar surface area (TPSA) is 78.3 Å². The van der Waals surface area contributed by atoms with Gasteiger partial charge in [0.2, 0.25) is 0 Å². The van der Waals surface area contributed by atoms with Gasteiger partial charge in [0.1, 0.15) is 0 Å². The number of piperidine rings is 2. The van der Waals surface area contributed by atoms with Gasteiger partial charge >= 0.3 is 0 Å². The minimum Gasteiger partial charge on any atom is -0.412 e. The number of benzene rings is 1. The average molecular weight is 353 g/mol. The summed E-state index contributed by atoms with van der Waals surface area (Å²) in [7, 11) is 0. The molecule has 3 rings (SSSR count). The van der Waals surface area contributed by atoms with Crippen LogP contribution in [0.1, 0.15) is 37.7 Å². The van der Waals surface area contributed by atoms with E-state index < -0.39 is 0 Å². The van der Waals surface area contributed by atoms with Gasteiger partial charge < -0.3 is 16.3 Å². The van der Waals surface area contributed by atoms with E-state index in [0.717, 1.165) is 13.1 Å². The van der Waals surface area contributed by atoms with E-state index in [1.807, 2.05) is 0 Å². The highest BCUT2D eigenvalue weighted by Crippen LogP contribution is 2.38. The minimum absolute atomic E-state index is 0. The van der Waals surface area contributed by atoms with Gasteiger partial charge in [-0.15, -0.1) is 24.8 Å². The van der Waals surface area contributed by atoms with Crippen molar-refractivity contribution in [1.82, 2.24) is 10.2 Å². The lowest BCUT2D eigenvalue weighted by molar-refractivity contribution is 0.0360. The van der Waals surface area contributed by atoms with Crippen LogP contribution < -0.4 is 5.32 Å². The Morgan fingerprint density at radius 2 is 1.36 bits per heavy atom. The number of likely N-dealkylation sites (tertiary alicyclic amines) is 1. The van der Waals surface area contributed by atoms with Crippen molar-refractivity contribution in [3.8, 4) is 0 Å². The zero-order chi connectivity index (χ0) is 12.3. The zero-order valence-electron chi connectivity index (χ0n) is 13.0. The van der Waals surface area contributed by atoms with Gasteiger partial charge in [-0.1, -0.05) is 36.8 Å². The van der Waals surface area contributed by atoms with E-state index in [2.05, 4.69) is 40.5 Å². The van der Waals surface area contributed by atoms with Crippen LogP contribution in [0, 0.1) is 0 Å². The van der Waals surface area contributed by atoms with Crippen molar-refractivity contribution in [2.75, 3.05) is 26.2 Å². The largest absolute Gasteiger partial charge is 0.412 e. The SMILES string of the molecule is Cl.Cl.O.O.c1ccc(C2(N3CCCCC3)CCNCC2)cc1. The predicted octanol–water partition coefficient (Wildman–Crippen LogP) is 1.95. The summed E-state index contributed by atoms with van der Waals surface area (Å²) in [5, 5.41) is 3.52. The molecule has 0 aliphatic carbocycles. The van der Waals surface area contributed by atoms with Crippen molar-refractivity contribution >= 4 is 24.8 Å². The van der Waals surface area contributed by atoms with Gasteiger partial charge in [0, 0.05) is 5.54 Å². The lowest BCUT2D eigenvalue weighted by Gasteiger charge is -2.48. The Morgan fingerprint density at radius 1 is 0.818 bits per heavy atom. The van der Waals surface area contributed by atoms with Crippen LogP contribution in [0.15, 0.2) is 30.3 Å². The number of hydrogen-bond acceptors (Lipinski definition) is 2. The third-order valence-electron chi connectivity index (χ3n) is 4.70. The number of rotatable bonds is 2. The fourth-order valence-corrected chi connectivity index (χ4v) is 3.70. The van der Waals surface area contributed by atoms with E-state index in [4.69, 9.17) is 0 Å². The second kappa shape index (κ2) is 11.2. The van der Waals surface area contributed by atoms with Gasteiger partial charge in [0.15, 0.2) is 0 Å². The Morgan fingerprint density at radius 3 is 1.91 bits per heavy atom. The van der Waals surface area contributed by atoms with Gasteiger partial charge in [0.05, 0.1) is 0 Å². The van der Waals surface area contributed by atoms with Crippen molar-refractivity contribution in [3.05, 3.63) is 35.9 Å². The molecule has 1 aromatic carbocycles. The molecule has 6 heteroatoms. The molecule has 2 aliphatic heterocycles. The van der Waals surface area contributed by atoms with Gasteiger partial charge in [-0.2, -0.15) is 0 Å². The first-order chi connectivity index (χ1) is 8.92. The summed E-state index contributed by atoms with van der Waals surface area (Å²) in [6, 6.07) is 11.2. The molecule has 2 fully saturated rings. The predicted molar refractivity (Wildman–Crippen MR) is 97.4 cm³/mol. The molecule has 5 N–H and O–H groups in total. The Kier molecular flexibility index (Phi) is 12.2. The lowest BCUT2D eigenvalue weighted by atomic mass is 9.79. The first-order valence-corrected chi connectivity index (χ1v) is 7.43. The highest BCUT2D eigenvalue weighted by atomic mass is 35.5. The number of halogens is 2. The summed E-state index contributed by atoms with van der Waals surface area (Å²) in [4.78, 5) is 2.77. The van der Waals surface area contributed by atoms with Crippen molar-refractivity contribution in [2.45, 2.75) is 37.6 Å². The second-order valence-electron chi connectivity index (χ2n) is 5.70. The van der Waals surface area contributed by atoms with Crippen molar-refractivity contribution < 1.29 is 11.0 Å². The van der Waals surface area contributed by atoms with E-state index in [0.29, 0.717) is 5.54 Å². The summed E-state index contributed by atoms with van der Waals surface area (Å²) in [6.45, 7) is 4.89. The molecule has 0 atom stereocenters. The summed E-state index contributed by atoms with van der Waals surface area (Å²) in [5.41, 5.74) is 1.85. The van der Waals surface area contributed by atoms with Crippen LogP contribution in [0.25, 0.3) is 0 Å². The van der Waals surface area contributed by atoms with Crippen LogP contribution in [0.2, 0.25) is 0 Å². The summed E-state index contributed by atoms with van der Waals surface area (Å²) in [6.07, 6.45) is 6.69. The molecule has 22 heavy (non-hydrogen) atoms. The van der Waals surface area contributed by atoms with Crippen LogP contribution in [-0.2, 0) is 5.54 Å². The van der Waals surface area contributed by atoms with Gasteiger partial charge in [-0.05, 0) is 57.4 Å². The number of hydrogen-bond donors (Lipinski definition) is 1. The molecule has 130 valence electrons. The third kappa shape index (κ3) is 4.82. The molecule has 2 aliphatic rings. The Bertz CT molecular complexity index is 381. The fourth-order valence-electron chi connectivity index (χ4n) is 3.70. The van der Waals surface area contributed by atoms with E-state index in [-0.39, 0.29) is 35.8 Å². The molecule has 2 heterocycles. The zero-order valence-corrected chi connectivity index (χ0v) is 14.6. The van der Waals surface area contributed by atoms with Gasteiger partial charge in [0.25, 0.3) is 0 Å². The third-order valence-corrected chi connectivity index (χ3v) is 4.70. The monoisotopic (exact) mass is 352 g/mol. The van der Waals surface area contributed by atoms with Crippen LogP contribution in [0.5, 0.6) is 0 Å². The molecule has 0 spiro atoms. The van der Waals surface area contributed by atoms with E-state index in [9.17, 15) is 0 Å². The van der Waals surface area contributed by atoms with Crippen LogP contribution in [0.4, 0.5) is 0 Å². The van der Waals surface area contributed by atoms with Crippen molar-refractivity contribution in [1.29, 1.82) is 0 Å². The molecule has 2 saturated heterocycles. The first-order valence-electron chi connectivity index (χ1n) is 7.43. The molecular weight excluding hydrogens is 323 g/mol. The molecule has 0 unspecified atom stereocenters. The van der Waals surface area contributed by atoms with E-state index >= 15 is 0 Å². The minimum atomic E-state index is 0. The molecule has 0 bridgehead atoms. The van der Waals surface area contributed by atoms with Crippen LogP contribution in [-0.4, -0.2) is 42.0 Å². The van der Waals surface area contributed by atoms with Gasteiger partial charge in [-0.25, -0.2) is 0 Å². The summed E-state index contributed by atoms with van der Waals surface area (Å²) >= 11 is 0. The molecule has 0 amide bonds. The average Bonchev–Trinajstić information content (AvgIpc) is 2.50. The lowest BCUT2D eigenvalue weighted by Crippen LogP contribution is -2.53. The highest BCUT2D eigenvalue weighted by molar-refractivity contribution is 5.85. The Hall–Kier alpha value is -0.360. The second-order valence-corrected chi connectivity index (χ2v) is 5.70.